The number of aliphatic hydroxyl groups excluding tert-OH is 1. The lowest BCUT2D eigenvalue weighted by Crippen LogP contribution is -2.37. The maximum absolute atomic E-state index is 13.2. The Morgan fingerprint density at radius 1 is 1.35 bits per heavy atom. The van der Waals surface area contributed by atoms with E-state index in [-0.39, 0.29) is 12.0 Å². The molecule has 1 aromatic carbocycles. The maximum atomic E-state index is 13.2. The summed E-state index contributed by atoms with van der Waals surface area (Å²) in [5, 5.41) is 16.2. The van der Waals surface area contributed by atoms with E-state index in [0.717, 1.165) is 0 Å². The highest BCUT2D eigenvalue weighted by molar-refractivity contribution is 5.54. The van der Waals surface area contributed by atoms with Crippen LogP contribution in [0.2, 0.25) is 0 Å². The van der Waals surface area contributed by atoms with Gasteiger partial charge in [0.2, 0.25) is 0 Å². The molecule has 2 rings (SSSR count). The van der Waals surface area contributed by atoms with E-state index >= 15 is 0 Å². The Bertz CT molecular complexity index is 449. The molecule has 0 saturated carbocycles. The molecule has 1 heterocycles. The molecule has 1 atom stereocenters. The van der Waals surface area contributed by atoms with Gasteiger partial charge in [0.25, 0.3) is 0 Å². The zero-order valence-electron chi connectivity index (χ0n) is 9.52. The average molecular weight is 234 g/mol. The van der Waals surface area contributed by atoms with Crippen molar-refractivity contribution in [2.75, 3.05) is 0 Å². The van der Waals surface area contributed by atoms with Crippen molar-refractivity contribution >= 4 is 6.08 Å². The highest BCUT2D eigenvalue weighted by atomic mass is 19.1. The summed E-state index contributed by atoms with van der Waals surface area (Å²) in [5.74, 6) is -0.306. The van der Waals surface area contributed by atoms with Crippen LogP contribution in [0.15, 0.2) is 36.7 Å². The molecule has 0 radical (unpaired) electrons. The van der Waals surface area contributed by atoms with Gasteiger partial charge in [-0.2, -0.15) is 0 Å². The van der Waals surface area contributed by atoms with Gasteiger partial charge >= 0.3 is 0 Å². The first-order chi connectivity index (χ1) is 8.22. The SMILES string of the molecule is C/C=C\c1cc(F)ccc1C(O)C1NC=CN1. The molecule has 1 aliphatic rings. The smallest absolute Gasteiger partial charge is 0.127 e. The van der Waals surface area contributed by atoms with Gasteiger partial charge in [0.15, 0.2) is 0 Å². The van der Waals surface area contributed by atoms with Crippen molar-refractivity contribution in [3.05, 3.63) is 53.6 Å². The lowest BCUT2D eigenvalue weighted by Gasteiger charge is -2.21. The number of hydrogen-bond acceptors (Lipinski definition) is 3. The van der Waals surface area contributed by atoms with Crippen molar-refractivity contribution in [2.45, 2.75) is 19.2 Å². The van der Waals surface area contributed by atoms with Crippen LogP contribution in [-0.4, -0.2) is 11.3 Å². The van der Waals surface area contributed by atoms with E-state index in [9.17, 15) is 9.50 Å². The molecule has 1 aliphatic heterocycles. The molecular formula is C13H15FN2O. The Hall–Kier alpha value is -1.81. The van der Waals surface area contributed by atoms with Gasteiger partial charge in [-0.15, -0.1) is 0 Å². The molecule has 0 aromatic heterocycles. The van der Waals surface area contributed by atoms with Crippen LogP contribution in [0.25, 0.3) is 6.08 Å². The first-order valence-corrected chi connectivity index (χ1v) is 5.49. The fraction of sp³-hybridized carbons (Fsp3) is 0.231. The predicted molar refractivity (Wildman–Crippen MR) is 65.3 cm³/mol. The van der Waals surface area contributed by atoms with Crippen molar-refractivity contribution in [1.29, 1.82) is 0 Å². The Labute approximate surface area is 99.7 Å². The number of rotatable bonds is 3. The van der Waals surface area contributed by atoms with Gasteiger partial charge in [0, 0.05) is 12.4 Å². The third-order valence-electron chi connectivity index (χ3n) is 2.66. The van der Waals surface area contributed by atoms with E-state index in [4.69, 9.17) is 0 Å². The van der Waals surface area contributed by atoms with Gasteiger partial charge < -0.3 is 15.7 Å². The van der Waals surface area contributed by atoms with Crippen LogP contribution < -0.4 is 10.6 Å². The molecular weight excluding hydrogens is 219 g/mol. The zero-order valence-corrected chi connectivity index (χ0v) is 9.52. The molecule has 1 unspecified atom stereocenters. The fourth-order valence-electron chi connectivity index (χ4n) is 1.85. The highest BCUT2D eigenvalue weighted by Crippen LogP contribution is 2.23. The van der Waals surface area contributed by atoms with Crippen LogP contribution in [0.3, 0.4) is 0 Å². The highest BCUT2D eigenvalue weighted by Gasteiger charge is 2.22. The first-order valence-electron chi connectivity index (χ1n) is 5.49. The molecule has 3 nitrogen and oxygen atoms in total. The summed E-state index contributed by atoms with van der Waals surface area (Å²) in [6.45, 7) is 1.86. The second-order valence-electron chi connectivity index (χ2n) is 3.86. The predicted octanol–water partition coefficient (Wildman–Crippen LogP) is 1.88. The summed E-state index contributed by atoms with van der Waals surface area (Å²) in [5.41, 5.74) is 1.38. The molecule has 3 N–H and O–H groups in total. The number of halogens is 1. The van der Waals surface area contributed by atoms with Crippen LogP contribution >= 0.6 is 0 Å². The van der Waals surface area contributed by atoms with E-state index in [2.05, 4.69) is 10.6 Å². The molecule has 0 saturated heterocycles. The van der Waals surface area contributed by atoms with Crippen molar-refractivity contribution in [2.24, 2.45) is 0 Å². The van der Waals surface area contributed by atoms with Crippen molar-refractivity contribution in [1.82, 2.24) is 10.6 Å². The quantitative estimate of drug-likeness (QED) is 0.748. The minimum Gasteiger partial charge on any atom is -0.384 e. The summed E-state index contributed by atoms with van der Waals surface area (Å²) in [6.07, 6.45) is 6.05. The van der Waals surface area contributed by atoms with Gasteiger partial charge in [-0.1, -0.05) is 18.2 Å². The van der Waals surface area contributed by atoms with Crippen LogP contribution in [0, 0.1) is 5.82 Å². The normalized spacial score (nSPS) is 17.1. The molecule has 0 bridgehead atoms. The fourth-order valence-corrected chi connectivity index (χ4v) is 1.85. The Morgan fingerprint density at radius 2 is 2.06 bits per heavy atom. The third-order valence-corrected chi connectivity index (χ3v) is 2.66. The van der Waals surface area contributed by atoms with Gasteiger partial charge in [0.1, 0.15) is 18.1 Å². The van der Waals surface area contributed by atoms with Gasteiger partial charge in [0.05, 0.1) is 0 Å². The number of nitrogens with one attached hydrogen (secondary N) is 2. The van der Waals surface area contributed by atoms with Crippen LogP contribution in [-0.2, 0) is 0 Å². The second kappa shape index (κ2) is 5.01. The minimum absolute atomic E-state index is 0.274. The summed E-state index contributed by atoms with van der Waals surface area (Å²) in [7, 11) is 0. The van der Waals surface area contributed by atoms with E-state index in [0.29, 0.717) is 11.1 Å². The number of aliphatic hydroxyl groups is 1. The van der Waals surface area contributed by atoms with Crippen LogP contribution in [0.5, 0.6) is 0 Å². The summed E-state index contributed by atoms with van der Waals surface area (Å²) >= 11 is 0. The second-order valence-corrected chi connectivity index (χ2v) is 3.86. The maximum Gasteiger partial charge on any atom is 0.127 e. The minimum atomic E-state index is -0.739. The van der Waals surface area contributed by atoms with Crippen LogP contribution in [0.1, 0.15) is 24.2 Å². The van der Waals surface area contributed by atoms with Gasteiger partial charge in [-0.05, 0) is 30.2 Å². The summed E-state index contributed by atoms with van der Waals surface area (Å²) < 4.78 is 13.2. The number of hydrogen-bond donors (Lipinski definition) is 3. The van der Waals surface area contributed by atoms with Crippen molar-refractivity contribution in [3.63, 3.8) is 0 Å². The topological polar surface area (TPSA) is 44.3 Å². The molecule has 0 aliphatic carbocycles. The monoisotopic (exact) mass is 234 g/mol. The summed E-state index contributed by atoms with van der Waals surface area (Å²) in [6, 6.07) is 4.38. The average Bonchev–Trinajstić information content (AvgIpc) is 2.82. The van der Waals surface area contributed by atoms with Crippen molar-refractivity contribution < 1.29 is 9.50 Å². The Balaban J connectivity index is 2.30. The Morgan fingerprint density at radius 3 is 2.71 bits per heavy atom. The Kier molecular flexibility index (Phi) is 3.44. The molecule has 1 aromatic rings. The van der Waals surface area contributed by atoms with E-state index in [1.54, 1.807) is 24.5 Å². The number of allylic oxidation sites excluding steroid dienone is 1. The molecule has 0 spiro atoms. The lowest BCUT2D eigenvalue weighted by molar-refractivity contribution is 0.130. The molecule has 0 fully saturated rings. The molecule has 0 amide bonds. The lowest BCUT2D eigenvalue weighted by atomic mass is 10.00. The van der Waals surface area contributed by atoms with Crippen molar-refractivity contribution in [3.8, 4) is 0 Å². The van der Waals surface area contributed by atoms with E-state index in [1.165, 1.54) is 12.1 Å². The zero-order chi connectivity index (χ0) is 12.3. The van der Waals surface area contributed by atoms with Gasteiger partial charge in [-0.3, -0.25) is 0 Å². The number of benzene rings is 1. The van der Waals surface area contributed by atoms with E-state index in [1.807, 2.05) is 13.0 Å². The molecule has 4 heteroatoms. The first kappa shape index (κ1) is 11.7. The largest absolute Gasteiger partial charge is 0.384 e. The van der Waals surface area contributed by atoms with Gasteiger partial charge in [-0.25, -0.2) is 4.39 Å². The van der Waals surface area contributed by atoms with E-state index < -0.39 is 6.10 Å². The molecule has 17 heavy (non-hydrogen) atoms. The van der Waals surface area contributed by atoms with Crippen LogP contribution in [0.4, 0.5) is 4.39 Å². The summed E-state index contributed by atoms with van der Waals surface area (Å²) in [4.78, 5) is 0. The molecule has 90 valence electrons. The standard InChI is InChI=1S/C13H15FN2O/c1-2-3-9-8-10(14)4-5-11(9)12(17)13-15-6-7-16-13/h2-8,12-13,15-17H,1H3/b3-2-. The third kappa shape index (κ3) is 2.47.